The Labute approximate surface area is 137 Å². The number of nitrogens with one attached hydrogen (secondary N) is 1. The quantitative estimate of drug-likeness (QED) is 0.758. The van der Waals surface area contributed by atoms with Gasteiger partial charge in [0.15, 0.2) is 6.61 Å². The van der Waals surface area contributed by atoms with Crippen LogP contribution in [0.2, 0.25) is 0 Å². The number of aliphatic carboxylic acids is 1. The van der Waals surface area contributed by atoms with Crippen molar-refractivity contribution in [3.05, 3.63) is 29.8 Å². The molecule has 0 aliphatic heterocycles. The predicted octanol–water partition coefficient (Wildman–Crippen LogP) is 3.10. The molecule has 1 atom stereocenters. The lowest BCUT2D eigenvalue weighted by Gasteiger charge is -2.15. The van der Waals surface area contributed by atoms with Crippen LogP contribution in [0, 0.1) is 11.8 Å². The van der Waals surface area contributed by atoms with Gasteiger partial charge in [-0.25, -0.2) is 0 Å². The highest BCUT2D eigenvalue weighted by atomic mass is 19.4. The van der Waals surface area contributed by atoms with Crippen molar-refractivity contribution >= 4 is 11.9 Å². The van der Waals surface area contributed by atoms with Gasteiger partial charge >= 0.3 is 12.1 Å². The van der Waals surface area contributed by atoms with Crippen LogP contribution < -0.4 is 10.1 Å². The molecule has 0 saturated carbocycles. The second-order valence-electron chi connectivity index (χ2n) is 5.80. The first-order chi connectivity index (χ1) is 11.1. The number of carboxylic acids is 1. The molecule has 134 valence electrons. The Balaban J connectivity index is 2.57. The maximum atomic E-state index is 12.0. The van der Waals surface area contributed by atoms with Crippen molar-refractivity contribution in [2.75, 3.05) is 13.2 Å². The molecule has 0 saturated heterocycles. The molecule has 0 bridgehead atoms. The molecule has 0 aromatic heterocycles. The van der Waals surface area contributed by atoms with Gasteiger partial charge in [-0.2, -0.15) is 13.2 Å². The van der Waals surface area contributed by atoms with Crippen LogP contribution in [0.4, 0.5) is 13.2 Å². The van der Waals surface area contributed by atoms with Gasteiger partial charge in [0, 0.05) is 12.1 Å². The number of ether oxygens (including phenoxy) is 1. The van der Waals surface area contributed by atoms with Crippen LogP contribution in [0.1, 0.15) is 30.6 Å². The summed E-state index contributed by atoms with van der Waals surface area (Å²) in [6, 6.07) is 5.14. The summed E-state index contributed by atoms with van der Waals surface area (Å²) >= 11 is 0. The number of amides is 1. The minimum Gasteiger partial charge on any atom is -0.484 e. The van der Waals surface area contributed by atoms with Crippen LogP contribution in [0.3, 0.4) is 0 Å². The Hall–Kier alpha value is -2.25. The van der Waals surface area contributed by atoms with Gasteiger partial charge in [-0.3, -0.25) is 9.59 Å². The lowest BCUT2D eigenvalue weighted by atomic mass is 9.97. The molecule has 0 radical (unpaired) electrons. The standard InChI is InChI=1S/C16H20F3NO4/c1-10(2)7-12(15(22)23)8-20-14(21)11-3-5-13(6-4-11)24-9-16(17,18)19/h3-6,10,12H,7-9H2,1-2H3,(H,20,21)(H,22,23). The van der Waals surface area contributed by atoms with E-state index in [-0.39, 0.29) is 23.8 Å². The Morgan fingerprint density at radius 3 is 2.25 bits per heavy atom. The minimum atomic E-state index is -4.43. The average Bonchev–Trinajstić information content (AvgIpc) is 2.48. The van der Waals surface area contributed by atoms with Crippen LogP contribution >= 0.6 is 0 Å². The monoisotopic (exact) mass is 347 g/mol. The van der Waals surface area contributed by atoms with Crippen molar-refractivity contribution < 1.29 is 32.6 Å². The number of carboxylic acid groups (broad SMARTS) is 1. The Bertz CT molecular complexity index is 555. The van der Waals surface area contributed by atoms with Crippen molar-refractivity contribution in [2.24, 2.45) is 11.8 Å². The predicted molar refractivity (Wildman–Crippen MR) is 80.9 cm³/mol. The molecule has 1 rings (SSSR count). The van der Waals surface area contributed by atoms with Crippen LogP contribution in [0.15, 0.2) is 24.3 Å². The highest BCUT2D eigenvalue weighted by molar-refractivity contribution is 5.94. The number of hydrogen-bond donors (Lipinski definition) is 2. The van der Waals surface area contributed by atoms with E-state index in [1.165, 1.54) is 24.3 Å². The normalized spacial score (nSPS) is 12.8. The molecule has 0 fully saturated rings. The molecule has 8 heteroatoms. The lowest BCUT2D eigenvalue weighted by molar-refractivity contribution is -0.153. The molecule has 0 aliphatic carbocycles. The first-order valence-electron chi connectivity index (χ1n) is 7.39. The lowest BCUT2D eigenvalue weighted by Crippen LogP contribution is -2.33. The second kappa shape index (κ2) is 8.56. The summed E-state index contributed by atoms with van der Waals surface area (Å²) in [7, 11) is 0. The second-order valence-corrected chi connectivity index (χ2v) is 5.80. The Morgan fingerprint density at radius 1 is 1.21 bits per heavy atom. The van der Waals surface area contributed by atoms with Gasteiger partial charge in [0.25, 0.3) is 5.91 Å². The highest BCUT2D eigenvalue weighted by Gasteiger charge is 2.28. The van der Waals surface area contributed by atoms with E-state index >= 15 is 0 Å². The summed E-state index contributed by atoms with van der Waals surface area (Å²) in [4.78, 5) is 23.1. The van der Waals surface area contributed by atoms with E-state index in [1.54, 1.807) is 0 Å². The summed E-state index contributed by atoms with van der Waals surface area (Å²) in [5.41, 5.74) is 0.211. The van der Waals surface area contributed by atoms with E-state index in [9.17, 15) is 22.8 Å². The zero-order valence-electron chi connectivity index (χ0n) is 13.4. The summed E-state index contributed by atoms with van der Waals surface area (Å²) in [5, 5.41) is 11.6. The van der Waals surface area contributed by atoms with Crippen LogP contribution in [-0.4, -0.2) is 36.3 Å². The number of carbonyl (C=O) groups excluding carboxylic acids is 1. The van der Waals surface area contributed by atoms with E-state index in [1.807, 2.05) is 13.8 Å². The van der Waals surface area contributed by atoms with Crippen molar-refractivity contribution in [2.45, 2.75) is 26.4 Å². The topological polar surface area (TPSA) is 75.6 Å². The molecular weight excluding hydrogens is 327 g/mol. The maximum absolute atomic E-state index is 12.0. The summed E-state index contributed by atoms with van der Waals surface area (Å²) in [5.74, 6) is -2.00. The van der Waals surface area contributed by atoms with Gasteiger partial charge in [-0.15, -0.1) is 0 Å². The number of benzene rings is 1. The molecule has 1 unspecified atom stereocenters. The highest BCUT2D eigenvalue weighted by Crippen LogP contribution is 2.19. The Kier molecular flexibility index (Phi) is 7.06. The van der Waals surface area contributed by atoms with Gasteiger partial charge < -0.3 is 15.2 Å². The maximum Gasteiger partial charge on any atom is 0.422 e. The fourth-order valence-electron chi connectivity index (χ4n) is 2.03. The van der Waals surface area contributed by atoms with E-state index in [4.69, 9.17) is 5.11 Å². The Morgan fingerprint density at radius 2 is 1.79 bits per heavy atom. The fourth-order valence-corrected chi connectivity index (χ4v) is 2.03. The first-order valence-corrected chi connectivity index (χ1v) is 7.39. The molecule has 1 aromatic rings. The van der Waals surface area contributed by atoms with Gasteiger partial charge in [0.05, 0.1) is 5.92 Å². The van der Waals surface area contributed by atoms with E-state index in [0.717, 1.165) is 0 Å². The van der Waals surface area contributed by atoms with Crippen LogP contribution in [0.5, 0.6) is 5.75 Å². The zero-order chi connectivity index (χ0) is 18.3. The third-order valence-corrected chi connectivity index (χ3v) is 3.13. The number of halogens is 3. The number of rotatable bonds is 8. The SMILES string of the molecule is CC(C)CC(CNC(=O)c1ccc(OCC(F)(F)F)cc1)C(=O)O. The number of carbonyl (C=O) groups is 2. The molecule has 0 heterocycles. The van der Waals surface area contributed by atoms with Crippen molar-refractivity contribution in [1.29, 1.82) is 0 Å². The zero-order valence-corrected chi connectivity index (χ0v) is 13.4. The van der Waals surface area contributed by atoms with Crippen molar-refractivity contribution in [1.82, 2.24) is 5.32 Å². The average molecular weight is 347 g/mol. The smallest absolute Gasteiger partial charge is 0.422 e. The minimum absolute atomic E-state index is 0.00732. The van der Waals surface area contributed by atoms with Crippen molar-refractivity contribution in [3.63, 3.8) is 0 Å². The third-order valence-electron chi connectivity index (χ3n) is 3.13. The summed E-state index contributed by atoms with van der Waals surface area (Å²) in [6.07, 6.45) is -4.00. The largest absolute Gasteiger partial charge is 0.484 e. The van der Waals surface area contributed by atoms with Crippen LogP contribution in [-0.2, 0) is 4.79 Å². The van der Waals surface area contributed by atoms with Gasteiger partial charge in [-0.1, -0.05) is 13.8 Å². The van der Waals surface area contributed by atoms with Gasteiger partial charge in [-0.05, 0) is 36.6 Å². The first kappa shape index (κ1) is 19.8. The summed E-state index contributed by atoms with van der Waals surface area (Å²) in [6.45, 7) is 2.35. The van der Waals surface area contributed by atoms with E-state index in [2.05, 4.69) is 10.1 Å². The van der Waals surface area contributed by atoms with E-state index < -0.39 is 30.6 Å². The van der Waals surface area contributed by atoms with E-state index in [0.29, 0.717) is 6.42 Å². The summed E-state index contributed by atoms with van der Waals surface area (Å²) < 4.78 is 40.7. The molecule has 2 N–H and O–H groups in total. The molecule has 5 nitrogen and oxygen atoms in total. The molecule has 1 amide bonds. The third kappa shape index (κ3) is 7.34. The van der Waals surface area contributed by atoms with Crippen LogP contribution in [0.25, 0.3) is 0 Å². The number of hydrogen-bond acceptors (Lipinski definition) is 3. The molecule has 1 aromatic carbocycles. The van der Waals surface area contributed by atoms with Crippen molar-refractivity contribution in [3.8, 4) is 5.75 Å². The van der Waals surface area contributed by atoms with Gasteiger partial charge in [0.1, 0.15) is 5.75 Å². The fraction of sp³-hybridized carbons (Fsp3) is 0.500. The van der Waals surface area contributed by atoms with Gasteiger partial charge in [0.2, 0.25) is 0 Å². The molecular formula is C16H20F3NO4. The molecule has 0 aliphatic rings. The number of alkyl halides is 3. The molecule has 24 heavy (non-hydrogen) atoms. The molecule has 0 spiro atoms.